The van der Waals surface area contributed by atoms with Crippen LogP contribution in [0.2, 0.25) is 25.2 Å². The molecule has 0 amide bonds. The molecule has 0 saturated heterocycles. The maximum atomic E-state index is 10.6. The first kappa shape index (κ1) is 87.7. The van der Waals surface area contributed by atoms with Crippen molar-refractivity contribution in [1.29, 1.82) is 0 Å². The van der Waals surface area contributed by atoms with Gasteiger partial charge in [-0.15, -0.1) is 0 Å². The van der Waals surface area contributed by atoms with E-state index >= 15 is 0 Å². The van der Waals surface area contributed by atoms with Crippen LogP contribution in [-0.4, -0.2) is 166 Å². The fourth-order valence-corrected chi connectivity index (χ4v) is 13.4. The molecule has 1 unspecified atom stereocenters. The molecule has 0 rings (SSSR count). The molecule has 0 heterocycles. The molecule has 0 aliphatic carbocycles. The third-order valence-corrected chi connectivity index (χ3v) is 19.3. The van der Waals surface area contributed by atoms with Crippen LogP contribution in [0.5, 0.6) is 0 Å². The zero-order valence-electron chi connectivity index (χ0n) is 49.1. The van der Waals surface area contributed by atoms with Gasteiger partial charge in [-0.25, -0.2) is 0 Å². The van der Waals surface area contributed by atoms with Crippen LogP contribution in [0.3, 0.4) is 0 Å². The molecule has 73 heavy (non-hydrogen) atoms. The van der Waals surface area contributed by atoms with Crippen molar-refractivity contribution in [3.8, 4) is 0 Å². The van der Waals surface area contributed by atoms with Gasteiger partial charge in [-0.3, -0.25) is 0 Å². The molecule has 0 fully saturated rings. The lowest BCUT2D eigenvalue weighted by Gasteiger charge is -2.32. The summed E-state index contributed by atoms with van der Waals surface area (Å²) in [5, 5.41) is 7.00. The predicted octanol–water partition coefficient (Wildman–Crippen LogP) is 5.58. The van der Waals surface area contributed by atoms with Crippen molar-refractivity contribution in [2.24, 2.45) is 0 Å². The van der Waals surface area contributed by atoms with Crippen molar-refractivity contribution in [2.75, 3.05) is 82.8 Å². The highest BCUT2D eigenvalue weighted by atomic mass is 35.5. The minimum atomic E-state index is -3.82. The molecule has 8 N–H and O–H groups in total. The third kappa shape index (κ3) is 75.0. The van der Waals surface area contributed by atoms with Crippen LogP contribution in [0.1, 0.15) is 240 Å². The summed E-state index contributed by atoms with van der Waals surface area (Å²) in [5.74, 6) is 0. The van der Waals surface area contributed by atoms with Gasteiger partial charge in [0.15, 0.2) is 0 Å². The number of unbranched alkanes of at least 4 members (excludes halogenated alkanes) is 30. The number of hydrogen-bond donors (Lipinski definition) is 8. The Morgan fingerprint density at radius 3 is 0.753 bits per heavy atom. The van der Waals surface area contributed by atoms with Gasteiger partial charge in [0.2, 0.25) is 0 Å². The first-order valence-corrected chi connectivity index (χ1v) is 37.0. The fraction of sp³-hybridized carbons (Fsp3) is 1.00. The first-order valence-electron chi connectivity index (χ1n) is 28.4. The number of halogens is 2. The Hall–Kier alpha value is 0.888. The Kier molecular flexibility index (Phi) is 69.2. The minimum absolute atomic E-state index is 0. The van der Waals surface area contributed by atoms with Crippen molar-refractivity contribution in [1.82, 2.24) is 0 Å². The van der Waals surface area contributed by atoms with Gasteiger partial charge in [0, 0.05) is 47.5 Å². The van der Waals surface area contributed by atoms with E-state index in [9.17, 15) is 19.2 Å². The van der Waals surface area contributed by atoms with Crippen molar-refractivity contribution < 1.29 is 89.8 Å². The number of rotatable bonds is 47. The normalized spacial score (nSPS) is 12.7. The van der Waals surface area contributed by atoms with Crippen LogP contribution >= 0.6 is 0 Å². The smallest absolute Gasteiger partial charge is 0.668 e. The maximum Gasteiger partial charge on any atom is 0.668 e. The topological polar surface area (TPSA) is 199 Å². The highest BCUT2D eigenvalue weighted by molar-refractivity contribution is 6.70. The molecule has 0 saturated carbocycles. The van der Waals surface area contributed by atoms with E-state index in [1.54, 1.807) is 6.55 Å². The molecule has 0 bridgehead atoms. The molecule has 0 aliphatic rings. The van der Waals surface area contributed by atoms with Crippen LogP contribution in [0.15, 0.2) is 0 Å². The van der Waals surface area contributed by atoms with E-state index in [1.807, 2.05) is 0 Å². The van der Waals surface area contributed by atoms with Crippen molar-refractivity contribution in [2.45, 2.75) is 265 Å². The number of hydrogen-bond acceptors (Lipinski definition) is 12. The number of aliphatic hydroxyl groups excluding tert-OH is 1. The van der Waals surface area contributed by atoms with E-state index in [2.05, 4.69) is 42.0 Å². The van der Waals surface area contributed by atoms with E-state index in [0.717, 1.165) is 55.1 Å². The summed E-state index contributed by atoms with van der Waals surface area (Å²) in [5.41, 5.74) is 0. The average Bonchev–Trinajstić information content (AvgIpc) is 3.28. The fourth-order valence-electron chi connectivity index (χ4n) is 8.53. The Bertz CT molecular complexity index is 1070. The van der Waals surface area contributed by atoms with E-state index in [-0.39, 0.29) is 32.2 Å². The minimum Gasteiger partial charge on any atom is -1.00 e. The lowest BCUT2D eigenvalue weighted by molar-refractivity contribution is -0.890. The van der Waals surface area contributed by atoms with Crippen molar-refractivity contribution >= 4 is 35.2 Å². The number of nitrogens with zero attached hydrogens (tertiary/aromatic N) is 2. The Labute approximate surface area is 470 Å². The third-order valence-electron chi connectivity index (χ3n) is 13.0. The number of aliphatic hydroxyl groups is 1. The summed E-state index contributed by atoms with van der Waals surface area (Å²) < 4.78 is 22.4. The molecule has 0 aliphatic heterocycles. The second-order valence-electron chi connectivity index (χ2n) is 21.7. The van der Waals surface area contributed by atoms with Gasteiger partial charge >= 0.3 is 35.2 Å². The number of quaternary nitrogens is 2. The van der Waals surface area contributed by atoms with E-state index < -0.39 is 35.2 Å². The summed E-state index contributed by atoms with van der Waals surface area (Å²) in [6, 6.07) is 0.972. The summed E-state index contributed by atoms with van der Waals surface area (Å²) in [7, 11) is 0.225. The summed E-state index contributed by atoms with van der Waals surface area (Å²) in [6.45, 7) is 11.5. The summed E-state index contributed by atoms with van der Waals surface area (Å²) in [4.78, 5) is 63.1. The monoisotopic (exact) mass is 1170 g/mol. The molecule has 0 spiro atoms. The van der Waals surface area contributed by atoms with E-state index in [0.29, 0.717) is 12.1 Å². The van der Waals surface area contributed by atoms with Gasteiger partial charge in [0.05, 0.1) is 54.4 Å². The zero-order valence-corrected chi connectivity index (χ0v) is 54.7. The summed E-state index contributed by atoms with van der Waals surface area (Å²) >= 11 is 0. The molecule has 0 aromatic carbocycles. The van der Waals surface area contributed by atoms with Gasteiger partial charge in [0.25, 0.3) is 0 Å². The lowest BCUT2D eigenvalue weighted by Crippen LogP contribution is -3.00. The highest BCUT2D eigenvalue weighted by Gasteiger charge is 2.51. The molecule has 14 nitrogen and oxygen atoms in total. The van der Waals surface area contributed by atoms with Crippen molar-refractivity contribution in [3.05, 3.63) is 0 Å². The first-order chi connectivity index (χ1) is 32.9. The molecule has 1 atom stereocenters. The van der Waals surface area contributed by atoms with Gasteiger partial charge < -0.3 is 89.8 Å². The second kappa shape index (κ2) is 57.6. The highest BCUT2D eigenvalue weighted by Crippen LogP contribution is 2.21. The molecule has 0 radical (unpaired) electrons. The molecule has 452 valence electrons. The van der Waals surface area contributed by atoms with E-state index in [4.69, 9.17) is 36.9 Å². The van der Waals surface area contributed by atoms with Crippen LogP contribution in [0, 0.1) is 0 Å². The lowest BCUT2D eigenvalue weighted by atomic mass is 10.0. The van der Waals surface area contributed by atoms with Crippen molar-refractivity contribution in [3.63, 3.8) is 0 Å². The van der Waals surface area contributed by atoms with Crippen LogP contribution < -0.4 is 24.8 Å². The molecule has 0 aromatic rings. The Morgan fingerprint density at radius 1 is 0.342 bits per heavy atom. The van der Waals surface area contributed by atoms with Gasteiger partial charge in [-0.1, -0.05) is 201 Å². The maximum absolute atomic E-state index is 10.6. The summed E-state index contributed by atoms with van der Waals surface area (Å²) in [6.07, 6.45) is 46.6. The van der Waals surface area contributed by atoms with Crippen LogP contribution in [0.25, 0.3) is 0 Å². The zero-order chi connectivity index (χ0) is 54.1. The van der Waals surface area contributed by atoms with Gasteiger partial charge in [-0.2, -0.15) is 0 Å². The van der Waals surface area contributed by atoms with Crippen LogP contribution in [0.4, 0.5) is 0 Å². The molecular weight excluding hydrogens is 1040 g/mol. The van der Waals surface area contributed by atoms with E-state index in [1.165, 1.54) is 233 Å². The average molecular weight is 1170 g/mol. The Balaban J connectivity index is -0.000000207. The van der Waals surface area contributed by atoms with Crippen LogP contribution in [-0.2, 0) is 17.4 Å². The molecular formula is C53H128Cl2N2O12Si4. The quantitative estimate of drug-likeness (QED) is 0.0214. The Morgan fingerprint density at radius 2 is 0.548 bits per heavy atom. The van der Waals surface area contributed by atoms with Gasteiger partial charge in [0.1, 0.15) is 0 Å². The standard InChI is InChI=1S/C26H60NO6Si2.C24H54NO2Si.CH6O3Si.CH4O.CH4.2ClH/c1-7-8-9-10-11-12-13-14-15-16-17-18-19-20-21-22-24-27(2,3)25-23-26-34(28,30-4)33-35(29,31-5)32-6;1-5-6-7-8-9-10-11-12-13-14-15-16-17-18-19-20-22-25(2,3)23-21-24-28(4,26)27;1-5(2,3)4;1-2;;;/h28-29H,7-26H2,1-6H3;26-27H,5-24H2,1-4H3;2-4H,1H3;2H,1H3;1H4;2*1H/q2*+1;;;;;/p-2. The SMILES string of the molecule is C.CCCCCCCCCCCCCCCCCC[N+](C)(C)CCC[Si](C)(O)O.CCCCCCCCCCCCCCCCCC[N+](C)(C)CCC[Si](O)(OC)O[Si](O)(OC)OC.CO.C[Si](O)(O)O.[Cl-].[Cl-]. The second-order valence-corrected chi connectivity index (χ2v) is 31.6. The molecule has 20 heteroatoms. The van der Waals surface area contributed by atoms with Gasteiger partial charge in [-0.05, 0) is 44.7 Å². The predicted molar refractivity (Wildman–Crippen MR) is 309 cm³/mol. The molecule has 0 aromatic heterocycles. The largest absolute Gasteiger partial charge is 1.00 e.